The lowest BCUT2D eigenvalue weighted by Gasteiger charge is -2.23. The molecule has 0 unspecified atom stereocenters. The Hall–Kier alpha value is -1.40. The average Bonchev–Trinajstić information content (AvgIpc) is 2.50. The summed E-state index contributed by atoms with van der Waals surface area (Å²) in [5, 5.41) is 3.01. The average molecular weight is 353 g/mol. The Morgan fingerprint density at radius 1 is 1.08 bits per heavy atom. The molecular formula is C18H28N2O3S. The molecule has 0 atom stereocenters. The fourth-order valence-corrected chi connectivity index (χ4v) is 4.18. The Kier molecular flexibility index (Phi) is 6.80. The van der Waals surface area contributed by atoms with E-state index >= 15 is 0 Å². The second-order valence-electron chi connectivity index (χ2n) is 6.68. The second-order valence-corrected chi connectivity index (χ2v) is 8.73. The molecule has 0 heterocycles. The van der Waals surface area contributed by atoms with E-state index in [1.54, 1.807) is 24.3 Å². The van der Waals surface area contributed by atoms with Gasteiger partial charge in [-0.1, -0.05) is 49.8 Å². The Morgan fingerprint density at radius 3 is 2.21 bits per heavy atom. The zero-order valence-corrected chi connectivity index (χ0v) is 15.4. The topological polar surface area (TPSA) is 66.5 Å². The van der Waals surface area contributed by atoms with E-state index in [2.05, 4.69) is 5.32 Å². The van der Waals surface area contributed by atoms with Crippen LogP contribution in [-0.4, -0.2) is 38.3 Å². The highest BCUT2D eigenvalue weighted by Gasteiger charge is 2.24. The SMILES string of the molecule is Cc1ccc(S(=O)(=O)N(C)CC(=O)NC2CCCCCCC2)cc1. The number of amides is 1. The number of benzene rings is 1. The van der Waals surface area contributed by atoms with Crippen molar-refractivity contribution in [3.63, 3.8) is 0 Å². The molecule has 1 saturated carbocycles. The van der Waals surface area contributed by atoms with Gasteiger partial charge in [-0.2, -0.15) is 4.31 Å². The van der Waals surface area contributed by atoms with Gasteiger partial charge in [0.05, 0.1) is 11.4 Å². The summed E-state index contributed by atoms with van der Waals surface area (Å²) in [5.41, 5.74) is 0.999. The summed E-state index contributed by atoms with van der Waals surface area (Å²) in [6.45, 7) is 1.76. The van der Waals surface area contributed by atoms with Gasteiger partial charge in [-0.25, -0.2) is 8.42 Å². The number of carbonyl (C=O) groups excluding carboxylic acids is 1. The van der Waals surface area contributed by atoms with Crippen molar-refractivity contribution in [1.82, 2.24) is 9.62 Å². The molecule has 0 saturated heterocycles. The van der Waals surface area contributed by atoms with Crippen LogP contribution >= 0.6 is 0 Å². The van der Waals surface area contributed by atoms with Crippen LogP contribution in [0, 0.1) is 6.92 Å². The van der Waals surface area contributed by atoms with Crippen molar-refractivity contribution < 1.29 is 13.2 Å². The van der Waals surface area contributed by atoms with Crippen molar-refractivity contribution in [2.75, 3.05) is 13.6 Å². The Labute approximate surface area is 145 Å². The summed E-state index contributed by atoms with van der Waals surface area (Å²) in [5.74, 6) is -0.223. The molecule has 0 spiro atoms. The quantitative estimate of drug-likeness (QED) is 0.886. The van der Waals surface area contributed by atoms with Gasteiger partial charge >= 0.3 is 0 Å². The molecule has 1 aromatic carbocycles. The molecule has 2 rings (SSSR count). The normalized spacial score (nSPS) is 17.3. The first-order chi connectivity index (χ1) is 11.4. The molecule has 6 heteroatoms. The molecule has 1 aromatic rings. The Morgan fingerprint density at radius 2 is 1.62 bits per heavy atom. The van der Waals surface area contributed by atoms with E-state index in [0.717, 1.165) is 35.6 Å². The molecule has 1 N–H and O–H groups in total. The number of sulfonamides is 1. The number of rotatable bonds is 5. The number of hydrogen-bond acceptors (Lipinski definition) is 3. The largest absolute Gasteiger partial charge is 0.352 e. The fraction of sp³-hybridized carbons (Fsp3) is 0.611. The highest BCUT2D eigenvalue weighted by Crippen LogP contribution is 2.18. The van der Waals surface area contributed by atoms with E-state index in [-0.39, 0.29) is 23.4 Å². The van der Waals surface area contributed by atoms with Gasteiger partial charge in [-0.05, 0) is 31.9 Å². The van der Waals surface area contributed by atoms with Gasteiger partial charge in [0.15, 0.2) is 0 Å². The van der Waals surface area contributed by atoms with Crippen LogP contribution in [0.5, 0.6) is 0 Å². The van der Waals surface area contributed by atoms with Gasteiger partial charge in [-0.3, -0.25) is 4.79 Å². The minimum atomic E-state index is -3.63. The molecule has 24 heavy (non-hydrogen) atoms. The molecule has 0 aliphatic heterocycles. The van der Waals surface area contributed by atoms with Crippen LogP contribution in [-0.2, 0) is 14.8 Å². The van der Waals surface area contributed by atoms with Gasteiger partial charge in [0, 0.05) is 13.1 Å². The van der Waals surface area contributed by atoms with Crippen LogP contribution in [0.15, 0.2) is 29.2 Å². The minimum absolute atomic E-state index is 0.146. The first-order valence-corrected chi connectivity index (χ1v) is 10.2. The monoisotopic (exact) mass is 352 g/mol. The maximum absolute atomic E-state index is 12.5. The van der Waals surface area contributed by atoms with Crippen molar-refractivity contribution in [2.45, 2.75) is 62.8 Å². The summed E-state index contributed by atoms with van der Waals surface area (Å²) in [7, 11) is -2.18. The van der Waals surface area contributed by atoms with E-state index < -0.39 is 10.0 Å². The maximum atomic E-state index is 12.5. The van der Waals surface area contributed by atoms with E-state index in [0.29, 0.717) is 0 Å². The second kappa shape index (κ2) is 8.62. The van der Waals surface area contributed by atoms with Crippen LogP contribution in [0.3, 0.4) is 0 Å². The lowest BCUT2D eigenvalue weighted by atomic mass is 9.97. The molecule has 1 aliphatic carbocycles. The van der Waals surface area contributed by atoms with Crippen molar-refractivity contribution >= 4 is 15.9 Å². The molecule has 0 aromatic heterocycles. The molecule has 134 valence electrons. The summed E-state index contributed by atoms with van der Waals surface area (Å²) >= 11 is 0. The number of aryl methyl sites for hydroxylation is 1. The Bertz CT molecular complexity index is 633. The molecule has 1 amide bonds. The Balaban J connectivity index is 1.93. The maximum Gasteiger partial charge on any atom is 0.243 e. The lowest BCUT2D eigenvalue weighted by Crippen LogP contribution is -2.42. The zero-order valence-electron chi connectivity index (χ0n) is 14.6. The predicted molar refractivity (Wildman–Crippen MR) is 95.2 cm³/mol. The minimum Gasteiger partial charge on any atom is -0.352 e. The third-order valence-corrected chi connectivity index (χ3v) is 6.38. The predicted octanol–water partition coefficient (Wildman–Crippen LogP) is 2.84. The molecule has 1 aliphatic rings. The molecular weight excluding hydrogens is 324 g/mol. The van der Waals surface area contributed by atoms with E-state index in [4.69, 9.17) is 0 Å². The van der Waals surface area contributed by atoms with Gasteiger partial charge in [-0.15, -0.1) is 0 Å². The summed E-state index contributed by atoms with van der Waals surface area (Å²) in [6.07, 6.45) is 7.94. The first kappa shape index (κ1) is 18.9. The fourth-order valence-electron chi connectivity index (χ4n) is 3.05. The molecule has 0 radical (unpaired) electrons. The van der Waals surface area contributed by atoms with Crippen LogP contribution in [0.4, 0.5) is 0 Å². The van der Waals surface area contributed by atoms with Crippen molar-refractivity contribution in [1.29, 1.82) is 0 Å². The van der Waals surface area contributed by atoms with E-state index in [1.165, 1.54) is 26.3 Å². The number of carbonyl (C=O) groups is 1. The first-order valence-electron chi connectivity index (χ1n) is 8.72. The van der Waals surface area contributed by atoms with E-state index in [9.17, 15) is 13.2 Å². The van der Waals surface area contributed by atoms with Crippen molar-refractivity contribution in [2.24, 2.45) is 0 Å². The van der Waals surface area contributed by atoms with Gasteiger partial charge in [0.1, 0.15) is 0 Å². The van der Waals surface area contributed by atoms with Crippen LogP contribution in [0.25, 0.3) is 0 Å². The van der Waals surface area contributed by atoms with Crippen molar-refractivity contribution in [3.8, 4) is 0 Å². The number of nitrogens with zero attached hydrogens (tertiary/aromatic N) is 1. The van der Waals surface area contributed by atoms with Crippen LogP contribution in [0.2, 0.25) is 0 Å². The lowest BCUT2D eigenvalue weighted by molar-refractivity contribution is -0.121. The highest BCUT2D eigenvalue weighted by atomic mass is 32.2. The van der Waals surface area contributed by atoms with Gasteiger partial charge < -0.3 is 5.32 Å². The van der Waals surface area contributed by atoms with E-state index in [1.807, 2.05) is 6.92 Å². The number of hydrogen-bond donors (Lipinski definition) is 1. The summed E-state index contributed by atoms with van der Waals surface area (Å²) in [4.78, 5) is 12.5. The number of likely N-dealkylation sites (N-methyl/N-ethyl adjacent to an activating group) is 1. The van der Waals surface area contributed by atoms with Gasteiger partial charge in [0.2, 0.25) is 15.9 Å². The standard InChI is InChI=1S/C18H28N2O3S/c1-15-10-12-17(13-11-15)24(22,23)20(2)14-18(21)19-16-8-6-4-3-5-7-9-16/h10-13,16H,3-9,14H2,1-2H3,(H,19,21). The van der Waals surface area contributed by atoms with Gasteiger partial charge in [0.25, 0.3) is 0 Å². The van der Waals surface area contributed by atoms with Crippen LogP contribution in [0.1, 0.15) is 50.5 Å². The van der Waals surface area contributed by atoms with Crippen LogP contribution < -0.4 is 5.32 Å². The number of nitrogens with one attached hydrogen (secondary N) is 1. The zero-order chi connectivity index (χ0) is 17.6. The summed E-state index contributed by atoms with van der Waals surface area (Å²) in [6, 6.07) is 6.85. The highest BCUT2D eigenvalue weighted by molar-refractivity contribution is 7.89. The smallest absolute Gasteiger partial charge is 0.243 e. The third kappa shape index (κ3) is 5.31. The molecule has 0 bridgehead atoms. The molecule has 5 nitrogen and oxygen atoms in total. The van der Waals surface area contributed by atoms with Crippen molar-refractivity contribution in [3.05, 3.63) is 29.8 Å². The third-order valence-electron chi connectivity index (χ3n) is 4.57. The molecule has 1 fully saturated rings. The summed E-state index contributed by atoms with van der Waals surface area (Å²) < 4.78 is 26.2.